The molecule has 8 heteroatoms. The number of hydrogen-bond acceptors (Lipinski definition) is 7. The molecular weight excluding hydrogens is 404 g/mol. The van der Waals surface area contributed by atoms with Crippen molar-refractivity contribution in [2.24, 2.45) is 0 Å². The van der Waals surface area contributed by atoms with Gasteiger partial charge in [-0.05, 0) is 37.3 Å². The van der Waals surface area contributed by atoms with Crippen LogP contribution in [0.5, 0.6) is 11.5 Å². The topological polar surface area (TPSA) is 86.8 Å². The van der Waals surface area contributed by atoms with Crippen LogP contribution in [0.25, 0.3) is 0 Å². The van der Waals surface area contributed by atoms with Gasteiger partial charge in [0.2, 0.25) is 5.91 Å². The fourth-order valence-corrected chi connectivity index (χ4v) is 3.65. The molecule has 154 valence electrons. The maximum atomic E-state index is 12.3. The van der Waals surface area contributed by atoms with Gasteiger partial charge in [0, 0.05) is 11.1 Å². The number of ether oxygens (including phenoxy) is 3. The molecule has 0 fully saturated rings. The first-order valence-corrected chi connectivity index (χ1v) is 10.3. The number of nitrogens with one attached hydrogen (secondary N) is 1. The van der Waals surface area contributed by atoms with Crippen LogP contribution < -0.4 is 14.8 Å². The fourth-order valence-electron chi connectivity index (χ4n) is 2.87. The summed E-state index contributed by atoms with van der Waals surface area (Å²) >= 11 is 1.36. The van der Waals surface area contributed by atoms with Crippen molar-refractivity contribution in [1.29, 1.82) is 0 Å². The number of aromatic nitrogens is 1. The van der Waals surface area contributed by atoms with Crippen LogP contribution in [-0.4, -0.2) is 30.1 Å². The number of hydrogen-bond donors (Lipinski definition) is 1. The summed E-state index contributed by atoms with van der Waals surface area (Å²) in [5.74, 6) is 0.531. The lowest BCUT2D eigenvalue weighted by atomic mass is 10.2. The van der Waals surface area contributed by atoms with Crippen molar-refractivity contribution < 1.29 is 23.8 Å². The minimum absolute atomic E-state index is 0.0311. The van der Waals surface area contributed by atoms with E-state index in [1.54, 1.807) is 23.6 Å². The first-order valence-electron chi connectivity index (χ1n) is 9.43. The molecule has 1 aliphatic heterocycles. The van der Waals surface area contributed by atoms with Crippen molar-refractivity contribution in [2.45, 2.75) is 20.0 Å². The lowest BCUT2D eigenvalue weighted by Crippen LogP contribution is -2.16. The fraction of sp³-hybridized carbons (Fsp3) is 0.227. The summed E-state index contributed by atoms with van der Waals surface area (Å²) in [6.45, 7) is 2.96. The van der Waals surface area contributed by atoms with Gasteiger partial charge in [-0.2, -0.15) is 0 Å². The molecule has 0 bridgehead atoms. The summed E-state index contributed by atoms with van der Waals surface area (Å²) in [4.78, 5) is 28.9. The maximum absolute atomic E-state index is 12.3. The quantitative estimate of drug-likeness (QED) is 0.607. The van der Waals surface area contributed by atoms with Gasteiger partial charge in [0.1, 0.15) is 24.8 Å². The predicted molar refractivity (Wildman–Crippen MR) is 112 cm³/mol. The van der Waals surface area contributed by atoms with Crippen molar-refractivity contribution in [3.05, 3.63) is 69.7 Å². The number of benzene rings is 2. The van der Waals surface area contributed by atoms with E-state index in [1.165, 1.54) is 11.3 Å². The first-order chi connectivity index (χ1) is 14.6. The Labute approximate surface area is 177 Å². The number of carbonyl (C=O) groups excluding carboxylic acids is 2. The highest BCUT2D eigenvalue weighted by atomic mass is 32.1. The number of anilines is 1. The van der Waals surface area contributed by atoms with E-state index in [0.29, 0.717) is 41.0 Å². The molecule has 0 saturated heterocycles. The van der Waals surface area contributed by atoms with Crippen LogP contribution in [0.2, 0.25) is 0 Å². The molecule has 2 heterocycles. The van der Waals surface area contributed by atoms with E-state index in [-0.39, 0.29) is 18.9 Å². The Hall–Kier alpha value is -3.39. The largest absolute Gasteiger partial charge is 0.486 e. The highest BCUT2D eigenvalue weighted by molar-refractivity contribution is 7.09. The molecule has 1 N–H and O–H groups in total. The third-order valence-electron chi connectivity index (χ3n) is 4.38. The molecule has 0 radical (unpaired) electrons. The molecule has 1 aromatic heterocycles. The molecule has 3 aromatic rings. The second kappa shape index (κ2) is 8.96. The number of aryl methyl sites for hydroxylation is 1. The minimum Gasteiger partial charge on any atom is -0.486 e. The van der Waals surface area contributed by atoms with E-state index in [1.807, 2.05) is 31.2 Å². The Morgan fingerprint density at radius 2 is 1.87 bits per heavy atom. The molecule has 1 aliphatic rings. The van der Waals surface area contributed by atoms with Crippen molar-refractivity contribution in [1.82, 2.24) is 4.98 Å². The Morgan fingerprint density at radius 1 is 1.10 bits per heavy atom. The molecule has 0 unspecified atom stereocenters. The van der Waals surface area contributed by atoms with E-state index >= 15 is 0 Å². The average molecular weight is 424 g/mol. The SMILES string of the molecule is Cc1ccc(NC(=O)Cc2nc(COC(=O)c3ccc4c(c3)OCCO4)cs2)cc1. The summed E-state index contributed by atoms with van der Waals surface area (Å²) in [7, 11) is 0. The maximum Gasteiger partial charge on any atom is 0.338 e. The van der Waals surface area contributed by atoms with Gasteiger partial charge in [-0.3, -0.25) is 4.79 Å². The number of carbonyl (C=O) groups is 2. The Morgan fingerprint density at radius 3 is 2.67 bits per heavy atom. The number of thiazole rings is 1. The summed E-state index contributed by atoms with van der Waals surface area (Å²) in [6, 6.07) is 12.5. The molecule has 7 nitrogen and oxygen atoms in total. The minimum atomic E-state index is -0.473. The number of amides is 1. The normalized spacial score (nSPS) is 12.3. The van der Waals surface area contributed by atoms with Crippen LogP contribution >= 0.6 is 11.3 Å². The monoisotopic (exact) mass is 424 g/mol. The molecule has 1 amide bonds. The lowest BCUT2D eigenvalue weighted by Gasteiger charge is -2.18. The van der Waals surface area contributed by atoms with Crippen molar-refractivity contribution in [2.75, 3.05) is 18.5 Å². The van der Waals surface area contributed by atoms with E-state index in [9.17, 15) is 9.59 Å². The van der Waals surface area contributed by atoms with Crippen LogP contribution in [-0.2, 0) is 22.6 Å². The lowest BCUT2D eigenvalue weighted by molar-refractivity contribution is -0.115. The van der Waals surface area contributed by atoms with Gasteiger partial charge >= 0.3 is 5.97 Å². The van der Waals surface area contributed by atoms with Crippen molar-refractivity contribution >= 4 is 28.9 Å². The smallest absolute Gasteiger partial charge is 0.338 e. The van der Waals surface area contributed by atoms with E-state index in [4.69, 9.17) is 14.2 Å². The van der Waals surface area contributed by atoms with Gasteiger partial charge in [-0.25, -0.2) is 9.78 Å². The zero-order valence-electron chi connectivity index (χ0n) is 16.3. The Kier molecular flexibility index (Phi) is 5.94. The van der Waals surface area contributed by atoms with Gasteiger partial charge in [0.05, 0.1) is 17.7 Å². The molecule has 0 atom stereocenters. The highest BCUT2D eigenvalue weighted by Crippen LogP contribution is 2.31. The zero-order valence-corrected chi connectivity index (χ0v) is 17.2. The average Bonchev–Trinajstić information content (AvgIpc) is 3.20. The second-order valence-electron chi connectivity index (χ2n) is 6.76. The van der Waals surface area contributed by atoms with Crippen LogP contribution in [0.4, 0.5) is 5.69 Å². The van der Waals surface area contributed by atoms with Crippen LogP contribution in [0.3, 0.4) is 0 Å². The molecular formula is C22H20N2O5S. The van der Waals surface area contributed by atoms with Gasteiger partial charge in [0.25, 0.3) is 0 Å². The van der Waals surface area contributed by atoms with E-state index in [2.05, 4.69) is 10.3 Å². The third-order valence-corrected chi connectivity index (χ3v) is 5.27. The van der Waals surface area contributed by atoms with E-state index in [0.717, 1.165) is 11.3 Å². The molecule has 0 saturated carbocycles. The number of esters is 1. The molecule has 0 spiro atoms. The summed E-state index contributed by atoms with van der Waals surface area (Å²) in [5.41, 5.74) is 2.86. The van der Waals surface area contributed by atoms with Gasteiger partial charge in [0.15, 0.2) is 11.5 Å². The molecule has 4 rings (SSSR count). The van der Waals surface area contributed by atoms with Gasteiger partial charge in [-0.1, -0.05) is 17.7 Å². The van der Waals surface area contributed by atoms with Gasteiger partial charge in [-0.15, -0.1) is 11.3 Å². The summed E-state index contributed by atoms with van der Waals surface area (Å²) in [5, 5.41) is 5.28. The number of nitrogens with zero attached hydrogens (tertiary/aromatic N) is 1. The summed E-state index contributed by atoms with van der Waals surface area (Å²) < 4.78 is 16.3. The molecule has 0 aliphatic carbocycles. The highest BCUT2D eigenvalue weighted by Gasteiger charge is 2.16. The van der Waals surface area contributed by atoms with Crippen LogP contribution in [0.15, 0.2) is 47.8 Å². The number of rotatable bonds is 6. The Bertz CT molecular complexity index is 1060. The predicted octanol–water partition coefficient (Wildman–Crippen LogP) is 3.76. The zero-order chi connectivity index (χ0) is 20.9. The van der Waals surface area contributed by atoms with E-state index < -0.39 is 5.97 Å². The van der Waals surface area contributed by atoms with Crippen molar-refractivity contribution in [3.63, 3.8) is 0 Å². The molecule has 30 heavy (non-hydrogen) atoms. The second-order valence-corrected chi connectivity index (χ2v) is 7.70. The summed E-state index contributed by atoms with van der Waals surface area (Å²) in [6.07, 6.45) is 0.161. The first kappa shape index (κ1) is 19.9. The third kappa shape index (κ3) is 4.96. The standard InChI is InChI=1S/C22H20N2O5S/c1-14-2-5-16(6-3-14)23-20(25)11-21-24-17(13-30-21)12-29-22(26)15-4-7-18-19(10-15)28-9-8-27-18/h2-7,10,13H,8-9,11-12H2,1H3,(H,23,25). The van der Waals surface area contributed by atoms with Crippen LogP contribution in [0.1, 0.15) is 26.6 Å². The van der Waals surface area contributed by atoms with Crippen LogP contribution in [0, 0.1) is 6.92 Å². The molecule has 2 aromatic carbocycles. The van der Waals surface area contributed by atoms with Crippen molar-refractivity contribution in [3.8, 4) is 11.5 Å². The Balaban J connectivity index is 1.29. The van der Waals surface area contributed by atoms with Gasteiger partial charge < -0.3 is 19.5 Å². The number of fused-ring (bicyclic) bond motifs is 1.